The van der Waals surface area contributed by atoms with Gasteiger partial charge in [-0.25, -0.2) is 4.98 Å². The quantitative estimate of drug-likeness (QED) is 0.652. The molecule has 0 spiro atoms. The molecule has 0 atom stereocenters. The molecule has 0 N–H and O–H groups in total. The van der Waals surface area contributed by atoms with Crippen LogP contribution in [0.25, 0.3) is 11.5 Å². The summed E-state index contributed by atoms with van der Waals surface area (Å²) in [4.78, 5) is 29.4. The van der Waals surface area contributed by atoms with Crippen LogP contribution in [0.2, 0.25) is 0 Å². The normalized spacial score (nSPS) is 14.6. The smallest absolute Gasteiger partial charge is 0.227 e. The van der Waals surface area contributed by atoms with E-state index in [-0.39, 0.29) is 5.91 Å². The fourth-order valence-corrected chi connectivity index (χ4v) is 3.61. The average molecular weight is 385 g/mol. The van der Waals surface area contributed by atoms with Gasteiger partial charge in [-0.05, 0) is 19.1 Å². The summed E-state index contributed by atoms with van der Waals surface area (Å²) in [6.07, 6.45) is 2.45. The molecule has 0 bridgehead atoms. The van der Waals surface area contributed by atoms with Crippen LogP contribution in [0, 0.1) is 6.92 Å². The minimum absolute atomic E-state index is 0.0979. The highest BCUT2D eigenvalue weighted by Crippen LogP contribution is 2.19. The number of anilines is 1. The molecule has 9 nitrogen and oxygen atoms in total. The molecule has 0 radical (unpaired) electrons. The first-order valence-electron chi connectivity index (χ1n) is 8.76. The van der Waals surface area contributed by atoms with Crippen molar-refractivity contribution in [3.05, 3.63) is 36.1 Å². The highest BCUT2D eigenvalue weighted by Gasteiger charge is 2.23. The zero-order valence-corrected chi connectivity index (χ0v) is 15.7. The van der Waals surface area contributed by atoms with Crippen molar-refractivity contribution in [3.8, 4) is 11.5 Å². The van der Waals surface area contributed by atoms with Gasteiger partial charge in [0.05, 0.1) is 0 Å². The highest BCUT2D eigenvalue weighted by atomic mass is 32.1. The Morgan fingerprint density at radius 3 is 2.78 bits per heavy atom. The SMILES string of the molecule is Cc1nsc(N2CCN(C(=O)CCc3nc(-c4ccccn4)no3)CC2)n1. The molecule has 4 heterocycles. The van der Waals surface area contributed by atoms with Gasteiger partial charge in [0.25, 0.3) is 0 Å². The fraction of sp³-hybridized carbons (Fsp3) is 0.412. The van der Waals surface area contributed by atoms with Crippen LogP contribution in [0.3, 0.4) is 0 Å². The standard InChI is InChI=1S/C17H19N7O2S/c1-12-19-17(27-22-12)24-10-8-23(9-11-24)15(25)6-5-14-20-16(21-26-14)13-4-2-3-7-18-13/h2-4,7H,5-6,8-11H2,1H3. The van der Waals surface area contributed by atoms with Gasteiger partial charge in [0.15, 0.2) is 0 Å². The first-order chi connectivity index (χ1) is 13.2. The molecule has 1 amide bonds. The molecule has 1 saturated heterocycles. The summed E-state index contributed by atoms with van der Waals surface area (Å²) in [7, 11) is 0. The zero-order chi connectivity index (χ0) is 18.6. The van der Waals surface area contributed by atoms with Crippen molar-refractivity contribution in [1.82, 2.24) is 29.4 Å². The van der Waals surface area contributed by atoms with E-state index < -0.39 is 0 Å². The van der Waals surface area contributed by atoms with Crippen LogP contribution in [0.15, 0.2) is 28.9 Å². The van der Waals surface area contributed by atoms with Crippen LogP contribution in [0.1, 0.15) is 18.1 Å². The van der Waals surface area contributed by atoms with Gasteiger partial charge < -0.3 is 14.3 Å². The lowest BCUT2D eigenvalue weighted by molar-refractivity contribution is -0.131. The number of rotatable bonds is 5. The topological polar surface area (TPSA) is 101 Å². The Kier molecular flexibility index (Phi) is 5.05. The predicted molar refractivity (Wildman–Crippen MR) is 99.3 cm³/mol. The number of aryl methyl sites for hydroxylation is 2. The van der Waals surface area contributed by atoms with Crippen LogP contribution < -0.4 is 4.90 Å². The van der Waals surface area contributed by atoms with Crippen LogP contribution >= 0.6 is 11.5 Å². The lowest BCUT2D eigenvalue weighted by Gasteiger charge is -2.34. The van der Waals surface area contributed by atoms with Crippen molar-refractivity contribution in [2.24, 2.45) is 0 Å². The third-order valence-electron chi connectivity index (χ3n) is 4.33. The highest BCUT2D eigenvalue weighted by molar-refractivity contribution is 7.09. The molecular weight excluding hydrogens is 366 g/mol. The minimum atomic E-state index is 0.0979. The van der Waals surface area contributed by atoms with Gasteiger partial charge in [-0.1, -0.05) is 11.2 Å². The monoisotopic (exact) mass is 385 g/mol. The molecule has 1 aliphatic heterocycles. The van der Waals surface area contributed by atoms with Gasteiger partial charge in [0.2, 0.25) is 22.8 Å². The van der Waals surface area contributed by atoms with Gasteiger partial charge in [0, 0.05) is 56.7 Å². The average Bonchev–Trinajstić information content (AvgIpc) is 3.36. The van der Waals surface area contributed by atoms with Crippen molar-refractivity contribution in [2.75, 3.05) is 31.1 Å². The maximum absolute atomic E-state index is 12.5. The second-order valence-electron chi connectivity index (χ2n) is 6.22. The van der Waals surface area contributed by atoms with Crippen molar-refractivity contribution >= 4 is 22.6 Å². The molecular formula is C17H19N7O2S. The predicted octanol–water partition coefficient (Wildman–Crippen LogP) is 1.57. The first-order valence-corrected chi connectivity index (χ1v) is 9.53. The maximum Gasteiger partial charge on any atom is 0.227 e. The summed E-state index contributed by atoms with van der Waals surface area (Å²) in [6.45, 7) is 4.78. The fourth-order valence-electron chi connectivity index (χ4n) is 2.89. The zero-order valence-electron chi connectivity index (χ0n) is 14.9. The van der Waals surface area contributed by atoms with Gasteiger partial charge in [-0.15, -0.1) is 0 Å². The van der Waals surface area contributed by atoms with E-state index in [1.165, 1.54) is 11.5 Å². The summed E-state index contributed by atoms with van der Waals surface area (Å²) in [6, 6.07) is 5.51. The molecule has 27 heavy (non-hydrogen) atoms. The van der Waals surface area contributed by atoms with E-state index in [2.05, 4.69) is 29.4 Å². The Bertz CT molecular complexity index is 903. The van der Waals surface area contributed by atoms with Crippen molar-refractivity contribution in [3.63, 3.8) is 0 Å². The summed E-state index contributed by atoms with van der Waals surface area (Å²) >= 11 is 1.40. The van der Waals surface area contributed by atoms with Gasteiger partial charge in [0.1, 0.15) is 11.5 Å². The third kappa shape index (κ3) is 4.11. The van der Waals surface area contributed by atoms with Crippen LogP contribution in [-0.4, -0.2) is 61.5 Å². The number of carbonyl (C=O) groups excluding carboxylic acids is 1. The Labute approximate surface area is 160 Å². The van der Waals surface area contributed by atoms with E-state index >= 15 is 0 Å². The van der Waals surface area contributed by atoms with Crippen molar-refractivity contribution in [2.45, 2.75) is 19.8 Å². The van der Waals surface area contributed by atoms with E-state index in [1.54, 1.807) is 6.20 Å². The number of aromatic nitrogens is 5. The number of carbonyl (C=O) groups is 1. The van der Waals surface area contributed by atoms with E-state index in [4.69, 9.17) is 4.52 Å². The second kappa shape index (κ2) is 7.78. The van der Waals surface area contributed by atoms with Crippen LogP contribution in [0.4, 0.5) is 5.13 Å². The molecule has 0 unspecified atom stereocenters. The number of piperazine rings is 1. The number of pyridine rings is 1. The van der Waals surface area contributed by atoms with Crippen LogP contribution in [0.5, 0.6) is 0 Å². The number of hydrogen-bond acceptors (Lipinski definition) is 9. The second-order valence-corrected chi connectivity index (χ2v) is 6.95. The number of nitrogens with zero attached hydrogens (tertiary/aromatic N) is 7. The Balaban J connectivity index is 1.27. The van der Waals surface area contributed by atoms with Gasteiger partial charge >= 0.3 is 0 Å². The van der Waals surface area contributed by atoms with E-state index in [1.807, 2.05) is 30.0 Å². The van der Waals surface area contributed by atoms with E-state index in [0.29, 0.717) is 43.3 Å². The third-order valence-corrected chi connectivity index (χ3v) is 5.20. The molecule has 140 valence electrons. The Morgan fingerprint density at radius 2 is 2.07 bits per heavy atom. The number of amides is 1. The summed E-state index contributed by atoms with van der Waals surface area (Å²) in [5, 5.41) is 4.85. The van der Waals surface area contributed by atoms with E-state index in [9.17, 15) is 4.79 Å². The molecule has 3 aromatic heterocycles. The number of hydrogen-bond donors (Lipinski definition) is 0. The minimum Gasteiger partial charge on any atom is -0.343 e. The van der Waals surface area contributed by atoms with E-state index in [0.717, 1.165) is 24.0 Å². The molecule has 0 aromatic carbocycles. The van der Waals surface area contributed by atoms with Crippen LogP contribution in [-0.2, 0) is 11.2 Å². The largest absolute Gasteiger partial charge is 0.343 e. The molecule has 0 aliphatic carbocycles. The van der Waals surface area contributed by atoms with Crippen molar-refractivity contribution in [1.29, 1.82) is 0 Å². The molecule has 1 aliphatic rings. The molecule has 0 saturated carbocycles. The first kappa shape index (κ1) is 17.5. The lowest BCUT2D eigenvalue weighted by atomic mass is 10.2. The Hall–Kier alpha value is -2.88. The maximum atomic E-state index is 12.5. The summed E-state index contributed by atoms with van der Waals surface area (Å²) in [5.74, 6) is 1.78. The molecule has 10 heteroatoms. The van der Waals surface area contributed by atoms with Crippen molar-refractivity contribution < 1.29 is 9.32 Å². The molecule has 3 aromatic rings. The Morgan fingerprint density at radius 1 is 1.22 bits per heavy atom. The summed E-state index contributed by atoms with van der Waals surface area (Å²) in [5.41, 5.74) is 0.655. The molecule has 4 rings (SSSR count). The lowest BCUT2D eigenvalue weighted by Crippen LogP contribution is -2.48. The van der Waals surface area contributed by atoms with Gasteiger partial charge in [-0.3, -0.25) is 9.78 Å². The summed E-state index contributed by atoms with van der Waals surface area (Å²) < 4.78 is 9.45. The molecule has 1 fully saturated rings. The van der Waals surface area contributed by atoms with Gasteiger partial charge in [-0.2, -0.15) is 9.36 Å².